The van der Waals surface area contributed by atoms with Crippen molar-refractivity contribution in [2.45, 2.75) is 37.6 Å². The van der Waals surface area contributed by atoms with Crippen molar-refractivity contribution in [3.8, 4) is 0 Å². The molecule has 2 fully saturated rings. The topological polar surface area (TPSA) is 62.6 Å². The molecule has 1 aromatic heterocycles. The first kappa shape index (κ1) is 21.5. The van der Waals surface area contributed by atoms with Gasteiger partial charge >= 0.3 is 0 Å². The second kappa shape index (κ2) is 9.24. The number of nitrogens with zero attached hydrogens (tertiary/aromatic N) is 4. The van der Waals surface area contributed by atoms with Crippen molar-refractivity contribution in [1.29, 1.82) is 0 Å². The fourth-order valence-electron chi connectivity index (χ4n) is 5.73. The number of imidazole rings is 1. The number of rotatable bonds is 7. The zero-order valence-corrected chi connectivity index (χ0v) is 19.1. The molecule has 172 valence electrons. The van der Waals surface area contributed by atoms with E-state index in [4.69, 9.17) is 4.74 Å². The molecule has 5 rings (SSSR count). The highest BCUT2D eigenvalue weighted by Gasteiger charge is 2.46. The van der Waals surface area contributed by atoms with Crippen LogP contribution in [-0.2, 0) is 16.7 Å². The summed E-state index contributed by atoms with van der Waals surface area (Å²) < 4.78 is 7.61. The number of hydrogen-bond donors (Lipinski definition) is 1. The number of benzene rings is 1. The van der Waals surface area contributed by atoms with E-state index in [1.165, 1.54) is 11.3 Å². The van der Waals surface area contributed by atoms with Gasteiger partial charge in [0.1, 0.15) is 0 Å². The highest BCUT2D eigenvalue weighted by molar-refractivity contribution is 5.95. The fraction of sp³-hybridized carbons (Fsp3) is 0.600. The van der Waals surface area contributed by atoms with E-state index < -0.39 is 0 Å². The van der Waals surface area contributed by atoms with Crippen LogP contribution in [0.3, 0.4) is 0 Å². The first-order chi connectivity index (χ1) is 15.6. The molecule has 3 aliphatic rings. The molecule has 0 saturated carbocycles. The lowest BCUT2D eigenvalue weighted by Crippen LogP contribution is -2.38. The number of likely N-dealkylation sites (tertiary alicyclic amines) is 1. The second-order valence-electron chi connectivity index (χ2n) is 9.85. The Morgan fingerprint density at radius 3 is 2.91 bits per heavy atom. The number of carbonyl (C=O) groups is 1. The molecule has 1 aromatic carbocycles. The zero-order valence-electron chi connectivity index (χ0n) is 19.1. The molecule has 1 atom stereocenters. The normalized spacial score (nSPS) is 23.7. The van der Waals surface area contributed by atoms with E-state index in [9.17, 15) is 4.79 Å². The van der Waals surface area contributed by atoms with E-state index in [-0.39, 0.29) is 11.3 Å². The first-order valence-electron chi connectivity index (χ1n) is 12.0. The summed E-state index contributed by atoms with van der Waals surface area (Å²) in [6.07, 6.45) is 9.90. The number of fused-ring (bicyclic) bond motifs is 2. The van der Waals surface area contributed by atoms with E-state index in [0.29, 0.717) is 12.5 Å². The highest BCUT2D eigenvalue weighted by Crippen LogP contribution is 2.47. The van der Waals surface area contributed by atoms with Crippen molar-refractivity contribution in [3.05, 3.63) is 48.0 Å². The Labute approximate surface area is 190 Å². The van der Waals surface area contributed by atoms with E-state index in [0.717, 1.165) is 77.2 Å². The Morgan fingerprint density at radius 2 is 2.16 bits per heavy atom. The zero-order chi connectivity index (χ0) is 22.0. The van der Waals surface area contributed by atoms with Crippen LogP contribution in [0.4, 0.5) is 5.69 Å². The number of likely N-dealkylation sites (N-methyl/N-ethyl adjacent to an activating group) is 1. The Bertz CT molecular complexity index is 924. The molecule has 2 saturated heterocycles. The summed E-state index contributed by atoms with van der Waals surface area (Å²) in [5, 5.41) is 3.11. The van der Waals surface area contributed by atoms with Crippen LogP contribution >= 0.6 is 0 Å². The molecule has 2 aromatic rings. The average molecular weight is 438 g/mol. The lowest BCUT2D eigenvalue weighted by Gasteiger charge is -2.30. The highest BCUT2D eigenvalue weighted by atomic mass is 16.5. The smallest absolute Gasteiger partial charge is 0.251 e. The Kier molecular flexibility index (Phi) is 6.20. The molecule has 1 unspecified atom stereocenters. The minimum absolute atomic E-state index is 0.0304. The summed E-state index contributed by atoms with van der Waals surface area (Å²) in [4.78, 5) is 22.0. The van der Waals surface area contributed by atoms with Crippen molar-refractivity contribution in [2.24, 2.45) is 5.92 Å². The van der Waals surface area contributed by atoms with Gasteiger partial charge in [0.15, 0.2) is 0 Å². The van der Waals surface area contributed by atoms with E-state index in [1.54, 1.807) is 6.20 Å². The van der Waals surface area contributed by atoms with Crippen molar-refractivity contribution in [2.75, 3.05) is 57.9 Å². The van der Waals surface area contributed by atoms with Crippen LogP contribution < -0.4 is 10.2 Å². The number of amides is 1. The van der Waals surface area contributed by atoms with Gasteiger partial charge in [0.05, 0.1) is 6.33 Å². The molecule has 1 spiro atoms. The van der Waals surface area contributed by atoms with Crippen molar-refractivity contribution in [3.63, 3.8) is 0 Å². The molecule has 1 amide bonds. The van der Waals surface area contributed by atoms with Crippen LogP contribution in [0.15, 0.2) is 36.9 Å². The Balaban J connectivity index is 1.29. The van der Waals surface area contributed by atoms with Gasteiger partial charge in [-0.3, -0.25) is 4.79 Å². The molecule has 7 nitrogen and oxygen atoms in total. The first-order valence-corrected chi connectivity index (χ1v) is 12.0. The fourth-order valence-corrected chi connectivity index (χ4v) is 5.73. The summed E-state index contributed by atoms with van der Waals surface area (Å²) in [6.45, 7) is 7.66. The van der Waals surface area contributed by atoms with Gasteiger partial charge < -0.3 is 24.4 Å². The summed E-state index contributed by atoms with van der Waals surface area (Å²) in [6, 6.07) is 6.39. The maximum atomic E-state index is 12.9. The van der Waals surface area contributed by atoms with Gasteiger partial charge in [-0.2, -0.15) is 0 Å². The molecule has 0 aliphatic carbocycles. The number of aromatic nitrogens is 2. The van der Waals surface area contributed by atoms with E-state index in [2.05, 4.69) is 39.3 Å². The maximum absolute atomic E-state index is 12.9. The summed E-state index contributed by atoms with van der Waals surface area (Å²) in [7, 11) is 2.21. The summed E-state index contributed by atoms with van der Waals surface area (Å²) in [5.74, 6) is 0.729. The van der Waals surface area contributed by atoms with Crippen LogP contribution in [0.25, 0.3) is 0 Å². The standard InChI is InChI=1S/C25H35N5O2/c1-28-11-7-25(17-28)18-30(16-20-5-13-32-14-6-20)23-4-3-21(15-22(23)25)24(31)27-8-2-10-29-12-9-26-19-29/h3-4,9,12,15,19-20H,2,5-8,10-11,13-14,16-18H2,1H3,(H,27,31). The van der Waals surface area contributed by atoms with Gasteiger partial charge in [0.2, 0.25) is 0 Å². The maximum Gasteiger partial charge on any atom is 0.251 e. The molecular formula is C25H35N5O2. The average Bonchev–Trinajstić information content (AvgIpc) is 3.53. The summed E-state index contributed by atoms with van der Waals surface area (Å²) >= 11 is 0. The Hall–Kier alpha value is -2.38. The Morgan fingerprint density at radius 1 is 1.28 bits per heavy atom. The number of nitrogens with one attached hydrogen (secondary N) is 1. The molecular weight excluding hydrogens is 402 g/mol. The molecule has 4 heterocycles. The van der Waals surface area contributed by atoms with Gasteiger partial charge in [0.25, 0.3) is 5.91 Å². The molecule has 7 heteroatoms. The second-order valence-corrected chi connectivity index (χ2v) is 9.85. The predicted molar refractivity (Wildman–Crippen MR) is 125 cm³/mol. The summed E-state index contributed by atoms with van der Waals surface area (Å²) in [5.41, 5.74) is 3.64. The molecule has 1 N–H and O–H groups in total. The van der Waals surface area contributed by atoms with E-state index >= 15 is 0 Å². The predicted octanol–water partition coefficient (Wildman–Crippen LogP) is 2.52. The number of ether oxygens (including phenoxy) is 1. The molecule has 3 aliphatic heterocycles. The monoisotopic (exact) mass is 437 g/mol. The van der Waals surface area contributed by atoms with Crippen molar-refractivity contribution >= 4 is 11.6 Å². The number of aryl methyl sites for hydroxylation is 1. The third kappa shape index (κ3) is 4.41. The van der Waals surface area contributed by atoms with Crippen molar-refractivity contribution < 1.29 is 9.53 Å². The largest absolute Gasteiger partial charge is 0.381 e. The van der Waals surface area contributed by atoms with Crippen LogP contribution in [-0.4, -0.2) is 73.3 Å². The van der Waals surface area contributed by atoms with Crippen LogP contribution in [0.2, 0.25) is 0 Å². The minimum atomic E-state index is 0.0304. The van der Waals surface area contributed by atoms with Crippen LogP contribution in [0, 0.1) is 5.92 Å². The lowest BCUT2D eigenvalue weighted by molar-refractivity contribution is 0.0681. The van der Waals surface area contributed by atoms with Crippen LogP contribution in [0.1, 0.15) is 41.6 Å². The third-order valence-electron chi connectivity index (χ3n) is 7.47. The lowest BCUT2D eigenvalue weighted by atomic mass is 9.81. The minimum Gasteiger partial charge on any atom is -0.381 e. The van der Waals surface area contributed by atoms with Gasteiger partial charge in [-0.15, -0.1) is 0 Å². The van der Waals surface area contributed by atoms with Gasteiger partial charge in [-0.25, -0.2) is 4.98 Å². The van der Waals surface area contributed by atoms with Crippen molar-refractivity contribution in [1.82, 2.24) is 19.8 Å². The quantitative estimate of drug-likeness (QED) is 0.675. The van der Waals surface area contributed by atoms with Gasteiger partial charge in [0, 0.05) is 75.0 Å². The van der Waals surface area contributed by atoms with E-state index in [1.807, 2.05) is 23.2 Å². The molecule has 0 bridgehead atoms. The molecule has 32 heavy (non-hydrogen) atoms. The third-order valence-corrected chi connectivity index (χ3v) is 7.47. The number of hydrogen-bond acceptors (Lipinski definition) is 5. The molecule has 0 radical (unpaired) electrons. The SMILES string of the molecule is CN1CCC2(C1)CN(CC1CCOCC1)c1ccc(C(=O)NCCCn3ccnc3)cc12. The van der Waals surface area contributed by atoms with Gasteiger partial charge in [-0.1, -0.05) is 0 Å². The van der Waals surface area contributed by atoms with Crippen LogP contribution in [0.5, 0.6) is 0 Å². The number of anilines is 1. The van der Waals surface area contributed by atoms with Gasteiger partial charge in [-0.05, 0) is 69.0 Å². The number of carbonyl (C=O) groups excluding carboxylic acids is 1.